The van der Waals surface area contributed by atoms with Gasteiger partial charge in [-0.15, -0.1) is 0 Å². The van der Waals surface area contributed by atoms with E-state index in [2.05, 4.69) is 5.32 Å². The Morgan fingerprint density at radius 2 is 2.25 bits per heavy atom. The highest BCUT2D eigenvalue weighted by atomic mass is 35.5. The van der Waals surface area contributed by atoms with Crippen LogP contribution in [0, 0.1) is 5.82 Å². The maximum absolute atomic E-state index is 13.3. The number of hydrogen-bond acceptors (Lipinski definition) is 2. The summed E-state index contributed by atoms with van der Waals surface area (Å²) in [7, 11) is 0. The summed E-state index contributed by atoms with van der Waals surface area (Å²) < 4.78 is 13.3. The largest absolute Gasteiger partial charge is 0.328 e. The molecule has 1 atom stereocenters. The second-order valence-corrected chi connectivity index (χ2v) is 4.47. The van der Waals surface area contributed by atoms with Gasteiger partial charge in [0.1, 0.15) is 5.82 Å². The molecule has 4 heteroatoms. The third kappa shape index (κ3) is 4.92. The summed E-state index contributed by atoms with van der Waals surface area (Å²) in [5.74, 6) is -0.218. The fraction of sp³-hybridized carbons (Fsp3) is 0.500. The van der Waals surface area contributed by atoms with Crippen LogP contribution in [0.4, 0.5) is 4.39 Å². The number of nitrogens with one attached hydrogen (secondary N) is 1. The van der Waals surface area contributed by atoms with E-state index in [1.54, 1.807) is 12.1 Å². The first-order chi connectivity index (χ1) is 7.59. The second kappa shape index (κ2) is 6.84. The zero-order valence-corrected chi connectivity index (χ0v) is 10.2. The lowest BCUT2D eigenvalue weighted by atomic mass is 10.2. The first-order valence-corrected chi connectivity index (χ1v) is 5.87. The predicted octanol–water partition coefficient (Wildman–Crippen LogP) is 2.70. The molecule has 0 fully saturated rings. The number of halogens is 2. The van der Waals surface area contributed by atoms with Gasteiger partial charge in [-0.25, -0.2) is 4.39 Å². The van der Waals surface area contributed by atoms with Crippen LogP contribution in [-0.4, -0.2) is 12.6 Å². The Morgan fingerprint density at radius 1 is 1.50 bits per heavy atom. The maximum atomic E-state index is 13.3. The van der Waals surface area contributed by atoms with Gasteiger partial charge in [-0.1, -0.05) is 11.6 Å². The van der Waals surface area contributed by atoms with Crippen molar-refractivity contribution in [2.45, 2.75) is 32.4 Å². The van der Waals surface area contributed by atoms with Crippen molar-refractivity contribution in [3.63, 3.8) is 0 Å². The van der Waals surface area contributed by atoms with Crippen molar-refractivity contribution in [3.8, 4) is 0 Å². The minimum absolute atomic E-state index is 0.218. The van der Waals surface area contributed by atoms with Crippen LogP contribution in [0.15, 0.2) is 18.2 Å². The average molecular weight is 245 g/mol. The molecule has 1 aromatic rings. The Labute approximate surface area is 101 Å². The highest BCUT2D eigenvalue weighted by Gasteiger charge is 2.02. The molecule has 0 aliphatic carbocycles. The van der Waals surface area contributed by atoms with Gasteiger partial charge in [0.25, 0.3) is 0 Å². The highest BCUT2D eigenvalue weighted by molar-refractivity contribution is 6.30. The Hall–Kier alpha value is -0.640. The minimum atomic E-state index is -0.218. The Bertz CT molecular complexity index is 329. The van der Waals surface area contributed by atoms with Crippen LogP contribution in [-0.2, 0) is 6.54 Å². The summed E-state index contributed by atoms with van der Waals surface area (Å²) in [6, 6.07) is 4.82. The van der Waals surface area contributed by atoms with Crippen molar-refractivity contribution in [2.24, 2.45) is 5.73 Å². The molecule has 90 valence electrons. The molecule has 2 nitrogen and oxygen atoms in total. The number of nitrogens with two attached hydrogens (primary N) is 1. The van der Waals surface area contributed by atoms with Gasteiger partial charge in [0.05, 0.1) is 0 Å². The predicted molar refractivity (Wildman–Crippen MR) is 66.0 cm³/mol. The van der Waals surface area contributed by atoms with Gasteiger partial charge in [-0.3, -0.25) is 0 Å². The van der Waals surface area contributed by atoms with E-state index in [1.807, 2.05) is 6.92 Å². The molecular formula is C12H18ClFN2. The van der Waals surface area contributed by atoms with Crippen LogP contribution in [0.25, 0.3) is 0 Å². The summed E-state index contributed by atoms with van der Waals surface area (Å²) in [6.07, 6.45) is 1.98. The van der Waals surface area contributed by atoms with Gasteiger partial charge in [0, 0.05) is 23.2 Å². The molecule has 0 saturated heterocycles. The third-order valence-corrected chi connectivity index (χ3v) is 2.57. The standard InChI is InChI=1S/C12H18ClFN2/c1-9(15)3-2-6-16-8-10-7-11(13)4-5-12(10)14/h4-5,7,9,16H,2-3,6,8,15H2,1H3. The van der Waals surface area contributed by atoms with Crippen molar-refractivity contribution in [1.82, 2.24) is 5.32 Å². The molecule has 16 heavy (non-hydrogen) atoms. The van der Waals surface area contributed by atoms with E-state index in [1.165, 1.54) is 6.07 Å². The number of hydrogen-bond donors (Lipinski definition) is 2. The molecule has 0 radical (unpaired) electrons. The molecule has 0 bridgehead atoms. The van der Waals surface area contributed by atoms with E-state index in [9.17, 15) is 4.39 Å². The number of benzene rings is 1. The van der Waals surface area contributed by atoms with Gasteiger partial charge < -0.3 is 11.1 Å². The van der Waals surface area contributed by atoms with Crippen LogP contribution in [0.5, 0.6) is 0 Å². The monoisotopic (exact) mass is 244 g/mol. The fourth-order valence-electron chi connectivity index (χ4n) is 1.45. The summed E-state index contributed by atoms with van der Waals surface area (Å²) in [4.78, 5) is 0. The van der Waals surface area contributed by atoms with Crippen LogP contribution in [0.3, 0.4) is 0 Å². The Morgan fingerprint density at radius 3 is 2.94 bits per heavy atom. The average Bonchev–Trinajstić information content (AvgIpc) is 2.22. The molecule has 1 rings (SSSR count). The summed E-state index contributed by atoms with van der Waals surface area (Å²) in [6.45, 7) is 3.33. The summed E-state index contributed by atoms with van der Waals surface area (Å²) in [5.41, 5.74) is 6.23. The van der Waals surface area contributed by atoms with Gasteiger partial charge in [-0.05, 0) is 44.5 Å². The lowest BCUT2D eigenvalue weighted by Crippen LogP contribution is -2.20. The molecule has 0 saturated carbocycles. The van der Waals surface area contributed by atoms with Crippen LogP contribution >= 0.6 is 11.6 Å². The molecule has 1 aromatic carbocycles. The first-order valence-electron chi connectivity index (χ1n) is 5.50. The van der Waals surface area contributed by atoms with Crippen molar-refractivity contribution in [2.75, 3.05) is 6.54 Å². The van der Waals surface area contributed by atoms with Gasteiger partial charge >= 0.3 is 0 Å². The van der Waals surface area contributed by atoms with Crippen LogP contribution in [0.2, 0.25) is 5.02 Å². The Balaban J connectivity index is 2.29. The molecule has 0 amide bonds. The van der Waals surface area contributed by atoms with Gasteiger partial charge in [0.2, 0.25) is 0 Å². The summed E-state index contributed by atoms with van der Waals surface area (Å²) in [5, 5.41) is 3.73. The summed E-state index contributed by atoms with van der Waals surface area (Å²) >= 11 is 5.79. The van der Waals surface area contributed by atoms with Crippen molar-refractivity contribution >= 4 is 11.6 Å². The normalized spacial score (nSPS) is 12.8. The number of rotatable bonds is 6. The van der Waals surface area contributed by atoms with Gasteiger partial charge in [0.15, 0.2) is 0 Å². The fourth-order valence-corrected chi connectivity index (χ4v) is 1.65. The molecule has 0 aliphatic heterocycles. The lowest BCUT2D eigenvalue weighted by Gasteiger charge is -2.07. The van der Waals surface area contributed by atoms with E-state index in [-0.39, 0.29) is 11.9 Å². The van der Waals surface area contributed by atoms with Crippen molar-refractivity contribution in [1.29, 1.82) is 0 Å². The molecular weight excluding hydrogens is 227 g/mol. The van der Waals surface area contributed by atoms with Gasteiger partial charge in [-0.2, -0.15) is 0 Å². The lowest BCUT2D eigenvalue weighted by molar-refractivity contribution is 0.555. The third-order valence-electron chi connectivity index (χ3n) is 2.34. The zero-order valence-electron chi connectivity index (χ0n) is 9.47. The molecule has 0 aromatic heterocycles. The topological polar surface area (TPSA) is 38.0 Å². The zero-order chi connectivity index (χ0) is 12.0. The highest BCUT2D eigenvalue weighted by Crippen LogP contribution is 2.14. The van der Waals surface area contributed by atoms with E-state index >= 15 is 0 Å². The van der Waals surface area contributed by atoms with Crippen LogP contribution < -0.4 is 11.1 Å². The SMILES string of the molecule is CC(N)CCCNCc1cc(Cl)ccc1F. The molecule has 0 heterocycles. The van der Waals surface area contributed by atoms with E-state index in [4.69, 9.17) is 17.3 Å². The van der Waals surface area contributed by atoms with E-state index in [0.717, 1.165) is 19.4 Å². The van der Waals surface area contributed by atoms with Crippen LogP contribution in [0.1, 0.15) is 25.3 Å². The smallest absolute Gasteiger partial charge is 0.127 e. The second-order valence-electron chi connectivity index (χ2n) is 4.03. The quantitative estimate of drug-likeness (QED) is 0.756. The maximum Gasteiger partial charge on any atom is 0.127 e. The minimum Gasteiger partial charge on any atom is -0.328 e. The Kier molecular flexibility index (Phi) is 5.74. The van der Waals surface area contributed by atoms with Crippen molar-refractivity contribution in [3.05, 3.63) is 34.6 Å². The van der Waals surface area contributed by atoms with E-state index in [0.29, 0.717) is 17.1 Å². The molecule has 0 spiro atoms. The first kappa shape index (κ1) is 13.4. The van der Waals surface area contributed by atoms with E-state index < -0.39 is 0 Å². The van der Waals surface area contributed by atoms with Crippen molar-refractivity contribution < 1.29 is 4.39 Å². The molecule has 3 N–H and O–H groups in total. The molecule has 1 unspecified atom stereocenters. The molecule has 0 aliphatic rings.